The van der Waals surface area contributed by atoms with Gasteiger partial charge in [0.05, 0.1) is 0 Å². The summed E-state index contributed by atoms with van der Waals surface area (Å²) in [6, 6.07) is 7.82. The second-order valence-electron chi connectivity index (χ2n) is 4.97. The van der Waals surface area contributed by atoms with Crippen LogP contribution < -0.4 is 15.8 Å². The summed E-state index contributed by atoms with van der Waals surface area (Å²) in [5.74, 6) is 0.606. The van der Waals surface area contributed by atoms with Crippen LogP contribution in [0.2, 0.25) is 0 Å². The molecule has 3 N–H and O–H groups in total. The molecule has 1 unspecified atom stereocenters. The highest BCUT2D eigenvalue weighted by atomic mass is 16.5. The number of amides is 1. The predicted molar refractivity (Wildman–Crippen MR) is 83.4 cm³/mol. The van der Waals surface area contributed by atoms with Gasteiger partial charge in [-0.25, -0.2) is 0 Å². The normalized spacial score (nSPS) is 12.0. The topological polar surface area (TPSA) is 73.6 Å². The molecule has 5 heteroatoms. The van der Waals surface area contributed by atoms with Crippen molar-refractivity contribution in [3.05, 3.63) is 29.8 Å². The first-order chi connectivity index (χ1) is 10.2. The Morgan fingerprint density at radius 2 is 2.14 bits per heavy atom. The molecule has 0 saturated carbocycles. The van der Waals surface area contributed by atoms with E-state index in [1.165, 1.54) is 0 Å². The van der Waals surface area contributed by atoms with Crippen molar-refractivity contribution >= 4 is 5.91 Å². The van der Waals surface area contributed by atoms with E-state index in [-0.39, 0.29) is 18.6 Å². The minimum Gasteiger partial charge on any atom is -0.483 e. The van der Waals surface area contributed by atoms with Gasteiger partial charge in [0.1, 0.15) is 5.75 Å². The van der Waals surface area contributed by atoms with Crippen molar-refractivity contribution in [1.29, 1.82) is 0 Å². The van der Waals surface area contributed by atoms with Crippen LogP contribution in [0.4, 0.5) is 0 Å². The van der Waals surface area contributed by atoms with Gasteiger partial charge in [0.15, 0.2) is 6.61 Å². The predicted octanol–water partition coefficient (Wildman–Crippen LogP) is 1.50. The lowest BCUT2D eigenvalue weighted by Crippen LogP contribution is -2.30. The van der Waals surface area contributed by atoms with Crippen LogP contribution in [0.1, 0.15) is 25.3 Å². The van der Waals surface area contributed by atoms with Crippen molar-refractivity contribution in [3.63, 3.8) is 0 Å². The highest BCUT2D eigenvalue weighted by Gasteiger charge is 2.09. The molecule has 0 radical (unpaired) electrons. The van der Waals surface area contributed by atoms with Gasteiger partial charge < -0.3 is 20.5 Å². The third-order valence-corrected chi connectivity index (χ3v) is 3.19. The van der Waals surface area contributed by atoms with Crippen LogP contribution in [0, 0.1) is 0 Å². The highest BCUT2D eigenvalue weighted by Crippen LogP contribution is 2.19. The fourth-order valence-electron chi connectivity index (χ4n) is 1.88. The Kier molecular flexibility index (Phi) is 8.47. The first-order valence-corrected chi connectivity index (χ1v) is 7.39. The number of ether oxygens (including phenoxy) is 2. The molecule has 118 valence electrons. The molecule has 0 bridgehead atoms. The van der Waals surface area contributed by atoms with Crippen molar-refractivity contribution < 1.29 is 14.3 Å². The second-order valence-corrected chi connectivity index (χ2v) is 4.97. The van der Waals surface area contributed by atoms with Gasteiger partial charge in [-0.1, -0.05) is 25.1 Å². The van der Waals surface area contributed by atoms with Gasteiger partial charge in [-0.3, -0.25) is 4.79 Å². The zero-order valence-electron chi connectivity index (χ0n) is 12.9. The number of hydrogen-bond donors (Lipinski definition) is 2. The van der Waals surface area contributed by atoms with Crippen molar-refractivity contribution in [1.82, 2.24) is 5.32 Å². The van der Waals surface area contributed by atoms with Crippen molar-refractivity contribution in [2.45, 2.75) is 32.2 Å². The minimum absolute atomic E-state index is 0.0192. The lowest BCUT2D eigenvalue weighted by atomic mass is 10.0. The molecular weight excluding hydrogens is 268 g/mol. The molecule has 1 aromatic rings. The molecule has 0 saturated heterocycles. The fraction of sp³-hybridized carbons (Fsp3) is 0.562. The first kappa shape index (κ1) is 17.5. The molecular formula is C16H26N2O3. The zero-order valence-corrected chi connectivity index (χ0v) is 12.9. The minimum atomic E-state index is -0.124. The van der Waals surface area contributed by atoms with E-state index in [0.29, 0.717) is 13.2 Å². The number of nitrogens with one attached hydrogen (secondary N) is 1. The Morgan fingerprint density at radius 3 is 2.86 bits per heavy atom. The zero-order chi connectivity index (χ0) is 15.5. The van der Waals surface area contributed by atoms with Crippen LogP contribution in [0.5, 0.6) is 5.75 Å². The molecule has 0 aromatic heterocycles. The Balaban J connectivity index is 2.42. The van der Waals surface area contributed by atoms with Gasteiger partial charge in [0, 0.05) is 26.3 Å². The van der Waals surface area contributed by atoms with Crippen LogP contribution in [0.15, 0.2) is 24.3 Å². The van der Waals surface area contributed by atoms with Gasteiger partial charge in [-0.15, -0.1) is 0 Å². The standard InChI is InChI=1S/C16H26N2O3/c1-3-14(17)11-13-7-4-5-8-15(13)21-12-16(19)18-9-6-10-20-2/h4-5,7-8,14H,3,6,9-12,17H2,1-2H3,(H,18,19). The molecule has 1 rings (SSSR count). The van der Waals surface area contributed by atoms with Crippen LogP contribution >= 0.6 is 0 Å². The van der Waals surface area contributed by atoms with Crippen molar-refractivity contribution in [2.24, 2.45) is 5.73 Å². The number of carbonyl (C=O) groups is 1. The van der Waals surface area contributed by atoms with Gasteiger partial charge in [-0.2, -0.15) is 0 Å². The molecule has 1 amide bonds. The number of rotatable bonds is 10. The number of hydrogen-bond acceptors (Lipinski definition) is 4. The van der Waals surface area contributed by atoms with Crippen LogP contribution in [0.25, 0.3) is 0 Å². The van der Waals surface area contributed by atoms with Crippen LogP contribution in [0.3, 0.4) is 0 Å². The van der Waals surface area contributed by atoms with E-state index in [0.717, 1.165) is 30.6 Å². The van der Waals surface area contributed by atoms with E-state index in [4.69, 9.17) is 15.2 Å². The van der Waals surface area contributed by atoms with Crippen LogP contribution in [-0.4, -0.2) is 38.8 Å². The largest absolute Gasteiger partial charge is 0.483 e. The van der Waals surface area contributed by atoms with Crippen molar-refractivity contribution in [3.8, 4) is 5.75 Å². The van der Waals surface area contributed by atoms with Gasteiger partial charge in [0.2, 0.25) is 0 Å². The Morgan fingerprint density at radius 1 is 1.38 bits per heavy atom. The number of carbonyl (C=O) groups excluding carboxylic acids is 1. The summed E-state index contributed by atoms with van der Waals surface area (Å²) in [6.45, 7) is 3.31. The molecule has 1 atom stereocenters. The third kappa shape index (κ3) is 7.11. The Labute approximate surface area is 126 Å². The maximum atomic E-state index is 11.7. The number of nitrogens with two attached hydrogens (primary N) is 1. The monoisotopic (exact) mass is 294 g/mol. The molecule has 21 heavy (non-hydrogen) atoms. The molecule has 0 heterocycles. The van der Waals surface area contributed by atoms with Gasteiger partial charge >= 0.3 is 0 Å². The number of para-hydroxylation sites is 1. The molecule has 0 spiro atoms. The number of benzene rings is 1. The van der Waals surface area contributed by atoms with Gasteiger partial charge in [0.25, 0.3) is 5.91 Å². The molecule has 0 aliphatic carbocycles. The lowest BCUT2D eigenvalue weighted by Gasteiger charge is -2.14. The molecule has 1 aromatic carbocycles. The Bertz CT molecular complexity index is 424. The van der Waals surface area contributed by atoms with E-state index < -0.39 is 0 Å². The maximum absolute atomic E-state index is 11.7. The first-order valence-electron chi connectivity index (χ1n) is 7.39. The summed E-state index contributed by atoms with van der Waals surface area (Å²) >= 11 is 0. The summed E-state index contributed by atoms with van der Waals surface area (Å²) in [5.41, 5.74) is 7.02. The van der Waals surface area contributed by atoms with E-state index in [9.17, 15) is 4.79 Å². The van der Waals surface area contributed by atoms with Crippen molar-refractivity contribution in [2.75, 3.05) is 26.9 Å². The van der Waals surface area contributed by atoms with E-state index in [1.54, 1.807) is 7.11 Å². The molecule has 0 fully saturated rings. The molecule has 0 aliphatic rings. The summed E-state index contributed by atoms with van der Waals surface area (Å²) in [6.07, 6.45) is 2.46. The lowest BCUT2D eigenvalue weighted by molar-refractivity contribution is -0.123. The van der Waals surface area contributed by atoms with E-state index in [1.807, 2.05) is 24.3 Å². The number of methoxy groups -OCH3 is 1. The quantitative estimate of drug-likeness (QED) is 0.641. The summed E-state index contributed by atoms with van der Waals surface area (Å²) in [7, 11) is 1.64. The van der Waals surface area contributed by atoms with Gasteiger partial charge in [-0.05, 0) is 30.9 Å². The average Bonchev–Trinajstić information content (AvgIpc) is 2.50. The maximum Gasteiger partial charge on any atom is 0.257 e. The Hall–Kier alpha value is -1.59. The second kappa shape index (κ2) is 10.2. The summed E-state index contributed by atoms with van der Waals surface area (Å²) < 4.78 is 10.5. The summed E-state index contributed by atoms with van der Waals surface area (Å²) in [5, 5.41) is 2.79. The van der Waals surface area contributed by atoms with E-state index in [2.05, 4.69) is 12.2 Å². The molecule has 5 nitrogen and oxygen atoms in total. The summed E-state index contributed by atoms with van der Waals surface area (Å²) in [4.78, 5) is 11.7. The molecule has 0 aliphatic heterocycles. The third-order valence-electron chi connectivity index (χ3n) is 3.19. The SMILES string of the molecule is CCC(N)Cc1ccccc1OCC(=O)NCCCOC. The average molecular weight is 294 g/mol. The van der Waals surface area contributed by atoms with E-state index >= 15 is 0 Å². The highest BCUT2D eigenvalue weighted by molar-refractivity contribution is 5.77. The smallest absolute Gasteiger partial charge is 0.257 e. The fourth-order valence-corrected chi connectivity index (χ4v) is 1.88. The van der Waals surface area contributed by atoms with Crippen LogP contribution in [-0.2, 0) is 16.0 Å².